The van der Waals surface area contributed by atoms with E-state index < -0.39 is 0 Å². The minimum atomic E-state index is 0.148. The van der Waals surface area contributed by atoms with Gasteiger partial charge < -0.3 is 4.74 Å². The summed E-state index contributed by atoms with van der Waals surface area (Å²) in [5.41, 5.74) is 0.852. The Bertz CT molecular complexity index is 412. The van der Waals surface area contributed by atoms with Crippen molar-refractivity contribution in [3.63, 3.8) is 0 Å². The molecule has 0 aliphatic heterocycles. The fourth-order valence-corrected chi connectivity index (χ4v) is 1.37. The maximum atomic E-state index is 5.49. The molecule has 0 amide bonds. The number of aromatic nitrogens is 1. The van der Waals surface area contributed by atoms with E-state index in [1.807, 2.05) is 44.2 Å². The predicted molar refractivity (Wildman–Crippen MR) is 64.4 cm³/mol. The number of nitrogens with zero attached hydrogens (tertiary/aromatic N) is 1. The van der Waals surface area contributed by atoms with Gasteiger partial charge in [-0.05, 0) is 12.1 Å². The third-order valence-electron chi connectivity index (χ3n) is 1.81. The monoisotopic (exact) mass is 223 g/mol. The zero-order chi connectivity index (χ0) is 11.1. The highest BCUT2D eigenvalue weighted by Gasteiger charge is 2.00. The van der Waals surface area contributed by atoms with Crippen LogP contribution >= 0.6 is 11.6 Å². The molecule has 1 aromatic carbocycles. The maximum Gasteiger partial charge on any atom is 0.162 e. The molecule has 0 aliphatic rings. The zero-order valence-corrected chi connectivity index (χ0v) is 9.66. The molecular weight excluding hydrogens is 210 g/mol. The highest BCUT2D eigenvalue weighted by atomic mass is 35.5. The molecule has 0 fully saturated rings. The van der Waals surface area contributed by atoms with Gasteiger partial charge in [0.25, 0.3) is 0 Å². The van der Waals surface area contributed by atoms with Gasteiger partial charge in [-0.3, -0.25) is 4.98 Å². The van der Waals surface area contributed by atoms with Crippen LogP contribution in [-0.2, 0) is 0 Å². The Morgan fingerprint density at radius 2 is 1.93 bits per heavy atom. The second kappa shape index (κ2) is 6.25. The van der Waals surface area contributed by atoms with Crippen molar-refractivity contribution in [3.8, 4) is 5.75 Å². The van der Waals surface area contributed by atoms with Gasteiger partial charge in [0, 0.05) is 11.6 Å². The van der Waals surface area contributed by atoms with E-state index in [-0.39, 0.29) is 6.07 Å². The molecule has 0 unspecified atom stereocenters. The van der Waals surface area contributed by atoms with Gasteiger partial charge >= 0.3 is 0 Å². The first kappa shape index (κ1) is 11.8. The largest absolute Gasteiger partial charge is 0.476 e. The molecule has 0 atom stereocenters. The predicted octanol–water partition coefficient (Wildman–Crippen LogP) is 3.84. The van der Waals surface area contributed by atoms with Crippen LogP contribution in [0.15, 0.2) is 36.5 Å². The molecule has 0 N–H and O–H groups in total. The second-order valence-electron chi connectivity index (χ2n) is 2.58. The van der Waals surface area contributed by atoms with Gasteiger partial charge in [0.15, 0.2) is 6.07 Å². The lowest BCUT2D eigenvalue weighted by atomic mass is 10.2. The number of hydrogen-bond acceptors (Lipinski definition) is 2. The van der Waals surface area contributed by atoms with Crippen molar-refractivity contribution in [2.24, 2.45) is 0 Å². The van der Waals surface area contributed by atoms with Crippen molar-refractivity contribution in [1.82, 2.24) is 4.98 Å². The summed E-state index contributed by atoms with van der Waals surface area (Å²) in [5.74, 6) is 0.730. The number of benzene rings is 1. The number of halogens is 1. The van der Waals surface area contributed by atoms with Crippen LogP contribution < -0.4 is 4.74 Å². The summed E-state index contributed by atoms with van der Waals surface area (Å²) in [6.45, 7) is 4.00. The van der Waals surface area contributed by atoms with Gasteiger partial charge in [0.1, 0.15) is 11.3 Å². The van der Waals surface area contributed by atoms with Crippen LogP contribution in [0.3, 0.4) is 0 Å². The number of para-hydroxylation sites is 1. The molecule has 1 heterocycles. The normalized spacial score (nSPS) is 9.27. The Hall–Kier alpha value is -1.28. The van der Waals surface area contributed by atoms with Gasteiger partial charge in [-0.15, -0.1) is 0 Å². The number of hydrogen-bond donors (Lipinski definition) is 0. The van der Waals surface area contributed by atoms with Crippen LogP contribution in [0.5, 0.6) is 5.75 Å². The van der Waals surface area contributed by atoms with Crippen molar-refractivity contribution in [1.29, 1.82) is 0 Å². The fourth-order valence-electron chi connectivity index (χ4n) is 1.25. The number of rotatable bonds is 2. The van der Waals surface area contributed by atoms with E-state index >= 15 is 0 Å². The highest BCUT2D eigenvalue weighted by molar-refractivity contribution is 6.17. The summed E-state index contributed by atoms with van der Waals surface area (Å²) in [6, 6.07) is 9.80. The zero-order valence-electron chi connectivity index (χ0n) is 8.90. The van der Waals surface area contributed by atoms with E-state index in [1.54, 1.807) is 6.20 Å². The lowest BCUT2D eigenvalue weighted by Crippen LogP contribution is -1.90. The van der Waals surface area contributed by atoms with Crippen molar-refractivity contribution in [2.75, 3.05) is 6.07 Å². The van der Waals surface area contributed by atoms with Crippen molar-refractivity contribution in [2.45, 2.75) is 13.8 Å². The Kier molecular flexibility index (Phi) is 4.91. The third-order valence-corrected chi connectivity index (χ3v) is 1.91. The van der Waals surface area contributed by atoms with Gasteiger partial charge in [0.2, 0.25) is 0 Å². The molecule has 15 heavy (non-hydrogen) atoms. The summed E-state index contributed by atoms with van der Waals surface area (Å²) >= 11 is 5.49. The van der Waals surface area contributed by atoms with Gasteiger partial charge in [-0.2, -0.15) is 0 Å². The van der Waals surface area contributed by atoms with E-state index in [1.165, 1.54) is 0 Å². The first-order chi connectivity index (χ1) is 7.42. The van der Waals surface area contributed by atoms with Crippen LogP contribution in [-0.4, -0.2) is 11.1 Å². The Balaban J connectivity index is 0.000000531. The number of alkyl halides is 1. The summed E-state index contributed by atoms with van der Waals surface area (Å²) in [7, 11) is 0. The van der Waals surface area contributed by atoms with Gasteiger partial charge in [-0.25, -0.2) is 0 Å². The van der Waals surface area contributed by atoms with Crippen molar-refractivity contribution < 1.29 is 4.74 Å². The van der Waals surface area contributed by atoms with Crippen LogP contribution in [0.1, 0.15) is 13.8 Å². The molecule has 80 valence electrons. The molecule has 1 aromatic heterocycles. The molecule has 2 aromatic rings. The Morgan fingerprint density at radius 1 is 1.20 bits per heavy atom. The van der Waals surface area contributed by atoms with Crippen molar-refractivity contribution >= 4 is 22.5 Å². The molecule has 0 saturated carbocycles. The molecule has 2 rings (SSSR count). The average Bonchev–Trinajstić information content (AvgIpc) is 2.33. The van der Waals surface area contributed by atoms with E-state index in [0.29, 0.717) is 0 Å². The van der Waals surface area contributed by atoms with Crippen LogP contribution in [0, 0.1) is 0 Å². The lowest BCUT2D eigenvalue weighted by molar-refractivity contribution is 0.392. The molecule has 0 spiro atoms. The van der Waals surface area contributed by atoms with Crippen LogP contribution in [0.4, 0.5) is 0 Å². The maximum absolute atomic E-state index is 5.49. The van der Waals surface area contributed by atoms with Crippen LogP contribution in [0.25, 0.3) is 10.9 Å². The van der Waals surface area contributed by atoms with Gasteiger partial charge in [0.05, 0.1) is 0 Å². The molecule has 2 nitrogen and oxygen atoms in total. The Labute approximate surface area is 94.9 Å². The topological polar surface area (TPSA) is 22.1 Å². The first-order valence-electron chi connectivity index (χ1n) is 4.94. The van der Waals surface area contributed by atoms with E-state index in [2.05, 4.69) is 4.98 Å². The average molecular weight is 224 g/mol. The first-order valence-corrected chi connectivity index (χ1v) is 5.48. The summed E-state index contributed by atoms with van der Waals surface area (Å²) in [6.07, 6.45) is 1.74. The fraction of sp³-hybridized carbons (Fsp3) is 0.250. The minimum absolute atomic E-state index is 0.148. The lowest BCUT2D eigenvalue weighted by Gasteiger charge is -2.04. The molecular formula is C12H14ClNO. The van der Waals surface area contributed by atoms with Gasteiger partial charge in [-0.1, -0.05) is 43.6 Å². The standard InChI is InChI=1S/C10H8ClNO.C2H6/c11-7-13-9-5-1-3-8-4-2-6-12-10(8)9;1-2/h1-6H,7H2;1-2H3. The molecule has 0 aliphatic carbocycles. The summed E-state index contributed by atoms with van der Waals surface area (Å²) in [5, 5.41) is 1.06. The number of pyridine rings is 1. The SMILES string of the molecule is CC.ClCOc1cccc2cccnc12. The Morgan fingerprint density at radius 3 is 2.67 bits per heavy atom. The molecule has 0 bridgehead atoms. The smallest absolute Gasteiger partial charge is 0.162 e. The molecule has 0 radical (unpaired) electrons. The number of fused-ring (bicyclic) bond motifs is 1. The third kappa shape index (κ3) is 2.83. The highest BCUT2D eigenvalue weighted by Crippen LogP contribution is 2.22. The van der Waals surface area contributed by atoms with Crippen LogP contribution in [0.2, 0.25) is 0 Å². The van der Waals surface area contributed by atoms with E-state index in [9.17, 15) is 0 Å². The molecule has 3 heteroatoms. The minimum Gasteiger partial charge on any atom is -0.476 e. The van der Waals surface area contributed by atoms with Crippen molar-refractivity contribution in [3.05, 3.63) is 36.5 Å². The van der Waals surface area contributed by atoms with E-state index in [4.69, 9.17) is 16.3 Å². The van der Waals surface area contributed by atoms with E-state index in [0.717, 1.165) is 16.7 Å². The molecule has 0 saturated heterocycles. The number of ether oxygens (including phenoxy) is 1. The summed E-state index contributed by atoms with van der Waals surface area (Å²) in [4.78, 5) is 4.22. The summed E-state index contributed by atoms with van der Waals surface area (Å²) < 4.78 is 5.22. The quantitative estimate of drug-likeness (QED) is 0.722. The second-order valence-corrected chi connectivity index (χ2v) is 2.80.